The maximum Gasteiger partial charge on any atom is 0.409 e. The first-order chi connectivity index (χ1) is 12.0. The van der Waals surface area contributed by atoms with E-state index in [1.54, 1.807) is 4.90 Å². The molecule has 3 N–H and O–H groups in total. The van der Waals surface area contributed by atoms with Crippen LogP contribution < -0.4 is 11.1 Å². The van der Waals surface area contributed by atoms with Crippen molar-refractivity contribution in [2.75, 3.05) is 53.5 Å². The van der Waals surface area contributed by atoms with Gasteiger partial charge in [0, 0.05) is 32.3 Å². The van der Waals surface area contributed by atoms with Gasteiger partial charge in [-0.05, 0) is 47.2 Å². The molecule has 25 heavy (non-hydrogen) atoms. The summed E-state index contributed by atoms with van der Waals surface area (Å²) in [6, 6.07) is 0.238. The lowest BCUT2D eigenvalue weighted by molar-refractivity contribution is 0.0582. The van der Waals surface area contributed by atoms with Gasteiger partial charge in [0.2, 0.25) is 0 Å². The van der Waals surface area contributed by atoms with E-state index in [1.165, 1.54) is 0 Å². The first-order valence-corrected chi connectivity index (χ1v) is 9.20. The van der Waals surface area contributed by atoms with E-state index in [2.05, 4.69) is 15.2 Å². The van der Waals surface area contributed by atoms with Crippen LogP contribution in [0.4, 0.5) is 4.79 Å². The van der Waals surface area contributed by atoms with Gasteiger partial charge >= 0.3 is 6.09 Å². The molecule has 1 aliphatic heterocycles. The summed E-state index contributed by atoms with van der Waals surface area (Å²) in [5, 5.41) is 3.26. The lowest BCUT2D eigenvalue weighted by Crippen LogP contribution is -2.48. The van der Waals surface area contributed by atoms with Crippen LogP contribution in [0, 0.1) is 0 Å². The van der Waals surface area contributed by atoms with Crippen LogP contribution in [-0.2, 0) is 9.47 Å². The molecule has 0 aliphatic carbocycles. The molecule has 1 unspecified atom stereocenters. The first kappa shape index (κ1) is 21.5. The molecular formula is C17H35N5O3. The zero-order valence-electron chi connectivity index (χ0n) is 16.2. The van der Waals surface area contributed by atoms with E-state index in [1.807, 2.05) is 27.9 Å². The van der Waals surface area contributed by atoms with Gasteiger partial charge in [0.1, 0.15) is 0 Å². The SMILES string of the molecule is CCOC(=O)N1CCC(NC(N)=NCC(CCN(C)C)OCC)CC1. The Bertz CT molecular complexity index is 409. The van der Waals surface area contributed by atoms with Gasteiger partial charge in [0.25, 0.3) is 0 Å². The zero-order chi connectivity index (χ0) is 18.7. The Balaban J connectivity index is 2.35. The lowest BCUT2D eigenvalue weighted by Gasteiger charge is -2.31. The molecular weight excluding hydrogens is 322 g/mol. The van der Waals surface area contributed by atoms with E-state index >= 15 is 0 Å². The van der Waals surface area contributed by atoms with Gasteiger partial charge in [0.05, 0.1) is 19.3 Å². The molecule has 1 rings (SSSR count). The summed E-state index contributed by atoms with van der Waals surface area (Å²) in [7, 11) is 4.09. The molecule has 1 aliphatic rings. The summed E-state index contributed by atoms with van der Waals surface area (Å²) in [6.45, 7) is 7.76. The Morgan fingerprint density at radius 3 is 2.56 bits per heavy atom. The molecule has 0 aromatic rings. The number of hydrogen-bond acceptors (Lipinski definition) is 5. The van der Waals surface area contributed by atoms with Crippen LogP contribution in [0.5, 0.6) is 0 Å². The molecule has 0 bridgehead atoms. The third-order valence-electron chi connectivity index (χ3n) is 4.14. The van der Waals surface area contributed by atoms with Crippen LogP contribution in [0.2, 0.25) is 0 Å². The minimum atomic E-state index is -0.233. The maximum absolute atomic E-state index is 11.7. The minimum absolute atomic E-state index is 0.0819. The van der Waals surface area contributed by atoms with Crippen molar-refractivity contribution in [3.8, 4) is 0 Å². The van der Waals surface area contributed by atoms with E-state index in [-0.39, 0.29) is 18.2 Å². The number of guanidine groups is 1. The Morgan fingerprint density at radius 2 is 2.00 bits per heavy atom. The van der Waals surface area contributed by atoms with Gasteiger partial charge < -0.3 is 30.3 Å². The van der Waals surface area contributed by atoms with Crippen molar-refractivity contribution in [2.24, 2.45) is 10.7 Å². The summed E-state index contributed by atoms with van der Waals surface area (Å²) in [5.74, 6) is 0.448. The van der Waals surface area contributed by atoms with Crippen molar-refractivity contribution in [1.82, 2.24) is 15.1 Å². The highest BCUT2D eigenvalue weighted by Gasteiger charge is 2.23. The van der Waals surface area contributed by atoms with E-state index in [0.29, 0.717) is 38.8 Å². The number of nitrogens with two attached hydrogens (primary N) is 1. The Labute approximate surface area is 151 Å². The number of piperidine rings is 1. The highest BCUT2D eigenvalue weighted by Crippen LogP contribution is 2.11. The molecule has 1 heterocycles. The average molecular weight is 357 g/mol. The molecule has 8 nitrogen and oxygen atoms in total. The molecule has 1 saturated heterocycles. The van der Waals surface area contributed by atoms with Crippen LogP contribution in [0.1, 0.15) is 33.1 Å². The van der Waals surface area contributed by atoms with Gasteiger partial charge in [0.15, 0.2) is 5.96 Å². The molecule has 0 saturated carbocycles. The summed E-state index contributed by atoms with van der Waals surface area (Å²) >= 11 is 0. The fourth-order valence-corrected chi connectivity index (χ4v) is 2.74. The molecule has 1 atom stereocenters. The number of ether oxygens (including phenoxy) is 2. The third kappa shape index (κ3) is 8.92. The fraction of sp³-hybridized carbons (Fsp3) is 0.882. The second kappa shape index (κ2) is 11.9. The van der Waals surface area contributed by atoms with Gasteiger partial charge in [-0.15, -0.1) is 0 Å². The molecule has 0 spiro atoms. The van der Waals surface area contributed by atoms with E-state index in [4.69, 9.17) is 15.2 Å². The quantitative estimate of drug-likeness (QED) is 0.470. The van der Waals surface area contributed by atoms with Crippen molar-refractivity contribution >= 4 is 12.1 Å². The van der Waals surface area contributed by atoms with Gasteiger partial charge in [-0.2, -0.15) is 0 Å². The molecule has 146 valence electrons. The van der Waals surface area contributed by atoms with Crippen molar-refractivity contribution in [3.05, 3.63) is 0 Å². The van der Waals surface area contributed by atoms with Crippen molar-refractivity contribution in [2.45, 2.75) is 45.3 Å². The standard InChI is InChI=1S/C17H35N5O3/c1-5-24-15(9-10-21(3)4)13-19-16(18)20-14-7-11-22(12-8-14)17(23)25-6-2/h14-15H,5-13H2,1-4H3,(H3,18,19,20). The van der Waals surface area contributed by atoms with Crippen LogP contribution in [0.25, 0.3) is 0 Å². The Morgan fingerprint density at radius 1 is 1.32 bits per heavy atom. The van der Waals surface area contributed by atoms with Crippen molar-refractivity contribution < 1.29 is 14.3 Å². The summed E-state index contributed by atoms with van der Waals surface area (Å²) in [4.78, 5) is 20.0. The second-order valence-electron chi connectivity index (χ2n) is 6.50. The van der Waals surface area contributed by atoms with E-state index < -0.39 is 0 Å². The largest absolute Gasteiger partial charge is 0.450 e. The number of rotatable bonds is 9. The van der Waals surface area contributed by atoms with Crippen LogP contribution in [0.15, 0.2) is 4.99 Å². The fourth-order valence-electron chi connectivity index (χ4n) is 2.74. The molecule has 1 amide bonds. The average Bonchev–Trinajstić information content (AvgIpc) is 2.58. The Hall–Kier alpha value is -1.54. The number of carbonyl (C=O) groups excluding carboxylic acids is 1. The molecule has 1 fully saturated rings. The summed E-state index contributed by atoms with van der Waals surface area (Å²) in [6.07, 6.45) is 2.45. The highest BCUT2D eigenvalue weighted by molar-refractivity contribution is 5.78. The number of nitrogens with zero attached hydrogens (tertiary/aromatic N) is 3. The molecule has 0 aromatic heterocycles. The molecule has 8 heteroatoms. The van der Waals surface area contributed by atoms with Crippen LogP contribution in [-0.4, -0.2) is 87.5 Å². The van der Waals surface area contributed by atoms with Crippen molar-refractivity contribution in [3.63, 3.8) is 0 Å². The number of hydrogen-bond donors (Lipinski definition) is 2. The maximum atomic E-state index is 11.7. The van der Waals surface area contributed by atoms with Crippen LogP contribution >= 0.6 is 0 Å². The Kier molecular flexibility index (Phi) is 10.3. The van der Waals surface area contributed by atoms with E-state index in [9.17, 15) is 4.79 Å². The van der Waals surface area contributed by atoms with Crippen LogP contribution in [0.3, 0.4) is 0 Å². The number of amides is 1. The minimum Gasteiger partial charge on any atom is -0.450 e. The van der Waals surface area contributed by atoms with Gasteiger partial charge in [-0.1, -0.05) is 0 Å². The third-order valence-corrected chi connectivity index (χ3v) is 4.14. The van der Waals surface area contributed by atoms with E-state index in [0.717, 1.165) is 25.8 Å². The molecule has 0 radical (unpaired) electrons. The number of aliphatic imine (C=N–C) groups is 1. The first-order valence-electron chi connectivity index (χ1n) is 9.20. The zero-order valence-corrected chi connectivity index (χ0v) is 16.2. The monoisotopic (exact) mass is 357 g/mol. The predicted octanol–water partition coefficient (Wildman–Crippen LogP) is 0.868. The lowest BCUT2D eigenvalue weighted by atomic mass is 10.1. The highest BCUT2D eigenvalue weighted by atomic mass is 16.6. The molecule has 0 aromatic carbocycles. The second-order valence-corrected chi connectivity index (χ2v) is 6.50. The topological polar surface area (TPSA) is 92.4 Å². The summed E-state index contributed by atoms with van der Waals surface area (Å²) in [5.41, 5.74) is 6.01. The predicted molar refractivity (Wildman–Crippen MR) is 99.8 cm³/mol. The summed E-state index contributed by atoms with van der Waals surface area (Å²) < 4.78 is 10.7. The number of likely N-dealkylation sites (tertiary alicyclic amines) is 1. The normalized spacial score (nSPS) is 17.6. The van der Waals surface area contributed by atoms with Gasteiger partial charge in [-0.25, -0.2) is 4.79 Å². The number of nitrogens with one attached hydrogen (secondary N) is 1. The van der Waals surface area contributed by atoms with Crippen molar-refractivity contribution in [1.29, 1.82) is 0 Å². The smallest absolute Gasteiger partial charge is 0.409 e. The van der Waals surface area contributed by atoms with Gasteiger partial charge in [-0.3, -0.25) is 4.99 Å². The number of carbonyl (C=O) groups is 1.